The minimum absolute atomic E-state index is 0.0731. The molecule has 0 fully saturated rings. The van der Waals surface area contributed by atoms with Crippen LogP contribution in [0.5, 0.6) is 0 Å². The number of amides is 1. The molecule has 120 valence electrons. The molecule has 1 atom stereocenters. The Kier molecular flexibility index (Phi) is 4.48. The summed E-state index contributed by atoms with van der Waals surface area (Å²) in [4.78, 5) is 25.3. The van der Waals surface area contributed by atoms with E-state index in [1.54, 1.807) is 18.3 Å². The zero-order valence-corrected chi connectivity index (χ0v) is 13.8. The van der Waals surface area contributed by atoms with Crippen molar-refractivity contribution in [2.75, 3.05) is 5.32 Å². The van der Waals surface area contributed by atoms with Crippen LogP contribution in [-0.4, -0.2) is 17.0 Å². The van der Waals surface area contributed by atoms with Gasteiger partial charge >= 0.3 is 5.97 Å². The van der Waals surface area contributed by atoms with Gasteiger partial charge in [-0.1, -0.05) is 19.1 Å². The molecule has 1 amide bonds. The van der Waals surface area contributed by atoms with Crippen molar-refractivity contribution >= 4 is 28.9 Å². The zero-order chi connectivity index (χ0) is 16.4. The molecule has 1 heterocycles. The van der Waals surface area contributed by atoms with E-state index in [9.17, 15) is 9.59 Å². The van der Waals surface area contributed by atoms with Gasteiger partial charge in [0.15, 0.2) is 0 Å². The van der Waals surface area contributed by atoms with Crippen LogP contribution in [0, 0.1) is 5.92 Å². The second-order valence-corrected chi connectivity index (χ2v) is 7.14. The second kappa shape index (κ2) is 6.54. The summed E-state index contributed by atoms with van der Waals surface area (Å²) in [5, 5.41) is 11.8. The third-order valence-electron chi connectivity index (χ3n) is 4.15. The van der Waals surface area contributed by atoms with Gasteiger partial charge in [0.25, 0.3) is 5.91 Å². The zero-order valence-electron chi connectivity index (χ0n) is 13.0. The molecule has 1 unspecified atom stereocenters. The van der Waals surface area contributed by atoms with E-state index in [-0.39, 0.29) is 5.91 Å². The highest BCUT2D eigenvalue weighted by molar-refractivity contribution is 7.14. The molecule has 0 saturated heterocycles. The molecular formula is C18H19NO3S. The Bertz CT molecular complexity index is 712. The van der Waals surface area contributed by atoms with E-state index >= 15 is 0 Å². The van der Waals surface area contributed by atoms with Crippen molar-refractivity contribution in [3.63, 3.8) is 0 Å². The van der Waals surface area contributed by atoms with Crippen LogP contribution in [0.3, 0.4) is 0 Å². The maximum absolute atomic E-state index is 12.3. The lowest BCUT2D eigenvalue weighted by Gasteiger charge is -2.08. The number of anilines is 1. The molecule has 5 heteroatoms. The molecule has 3 rings (SSSR count). The normalized spacial score (nSPS) is 14.3. The van der Waals surface area contributed by atoms with Gasteiger partial charge < -0.3 is 10.4 Å². The molecule has 1 aliphatic carbocycles. The lowest BCUT2D eigenvalue weighted by Crippen LogP contribution is -2.12. The van der Waals surface area contributed by atoms with Crippen molar-refractivity contribution in [2.24, 2.45) is 5.92 Å². The van der Waals surface area contributed by atoms with Crippen LogP contribution >= 0.6 is 11.3 Å². The lowest BCUT2D eigenvalue weighted by molar-refractivity contribution is -0.141. The molecule has 1 aliphatic rings. The molecule has 0 bridgehead atoms. The smallest absolute Gasteiger partial charge is 0.306 e. The van der Waals surface area contributed by atoms with Crippen LogP contribution < -0.4 is 5.32 Å². The molecule has 0 radical (unpaired) electrons. The summed E-state index contributed by atoms with van der Waals surface area (Å²) in [5.74, 6) is -1.28. The fourth-order valence-electron chi connectivity index (χ4n) is 2.80. The van der Waals surface area contributed by atoms with Crippen LogP contribution in [0.2, 0.25) is 0 Å². The van der Waals surface area contributed by atoms with Crippen molar-refractivity contribution in [1.82, 2.24) is 0 Å². The van der Waals surface area contributed by atoms with Crippen LogP contribution in [-0.2, 0) is 24.1 Å². The number of hydrogen-bond acceptors (Lipinski definition) is 3. The van der Waals surface area contributed by atoms with E-state index in [1.807, 2.05) is 30.3 Å². The number of carbonyl (C=O) groups excluding carboxylic acids is 1. The first-order chi connectivity index (χ1) is 11.0. The van der Waals surface area contributed by atoms with Crippen molar-refractivity contribution in [3.8, 4) is 0 Å². The average molecular weight is 329 g/mol. The van der Waals surface area contributed by atoms with E-state index < -0.39 is 11.9 Å². The highest BCUT2D eigenvalue weighted by atomic mass is 32.1. The van der Waals surface area contributed by atoms with E-state index in [2.05, 4.69) is 5.32 Å². The molecule has 2 aromatic rings. The standard InChI is InChI=1S/C18H19NO3S/c1-11(18(21)22)9-12-5-7-14(8-6-12)19-17(20)16-10-13-3-2-4-15(13)23-16/h5-8,10-11H,2-4,9H2,1H3,(H,19,20)(H,21,22). The number of carboxylic acids is 1. The van der Waals surface area contributed by atoms with Gasteiger partial charge in [0.2, 0.25) is 0 Å². The van der Waals surface area contributed by atoms with E-state index in [1.165, 1.54) is 16.9 Å². The summed E-state index contributed by atoms with van der Waals surface area (Å²) in [5.41, 5.74) is 3.00. The number of nitrogens with one attached hydrogen (secondary N) is 1. The lowest BCUT2D eigenvalue weighted by atomic mass is 10.0. The number of aryl methyl sites for hydroxylation is 2. The first kappa shape index (κ1) is 15.7. The van der Waals surface area contributed by atoms with Gasteiger partial charge in [0, 0.05) is 10.6 Å². The predicted octanol–water partition coefficient (Wildman–Crippen LogP) is 3.75. The predicted molar refractivity (Wildman–Crippen MR) is 91.2 cm³/mol. The molecule has 0 saturated carbocycles. The largest absolute Gasteiger partial charge is 0.481 e. The van der Waals surface area contributed by atoms with Gasteiger partial charge in [-0.2, -0.15) is 0 Å². The quantitative estimate of drug-likeness (QED) is 0.878. The summed E-state index contributed by atoms with van der Waals surface area (Å²) in [6, 6.07) is 9.38. The third-order valence-corrected chi connectivity index (χ3v) is 5.38. The Morgan fingerprint density at radius 2 is 2.00 bits per heavy atom. The Balaban J connectivity index is 1.63. The molecule has 1 aromatic heterocycles. The van der Waals surface area contributed by atoms with Gasteiger partial charge in [-0.25, -0.2) is 0 Å². The van der Waals surface area contributed by atoms with Crippen LogP contribution in [0.15, 0.2) is 30.3 Å². The number of carbonyl (C=O) groups is 2. The Morgan fingerprint density at radius 1 is 1.26 bits per heavy atom. The topological polar surface area (TPSA) is 66.4 Å². The van der Waals surface area contributed by atoms with Gasteiger partial charge in [0.1, 0.15) is 0 Å². The number of carboxylic acid groups (broad SMARTS) is 1. The summed E-state index contributed by atoms with van der Waals surface area (Å²) in [6.07, 6.45) is 3.85. The summed E-state index contributed by atoms with van der Waals surface area (Å²) in [7, 11) is 0. The average Bonchev–Trinajstić information content (AvgIpc) is 3.10. The van der Waals surface area contributed by atoms with E-state index in [0.29, 0.717) is 6.42 Å². The summed E-state index contributed by atoms with van der Waals surface area (Å²) < 4.78 is 0. The molecule has 2 N–H and O–H groups in total. The van der Waals surface area contributed by atoms with E-state index in [4.69, 9.17) is 5.11 Å². The minimum atomic E-state index is -0.798. The van der Waals surface area contributed by atoms with Gasteiger partial charge in [-0.15, -0.1) is 11.3 Å². The SMILES string of the molecule is CC(Cc1ccc(NC(=O)c2cc3c(s2)CCC3)cc1)C(=O)O. The first-order valence-electron chi connectivity index (χ1n) is 7.77. The summed E-state index contributed by atoms with van der Waals surface area (Å²) in [6.45, 7) is 1.69. The Morgan fingerprint density at radius 3 is 2.65 bits per heavy atom. The van der Waals surface area contributed by atoms with Crippen molar-refractivity contribution in [3.05, 3.63) is 51.2 Å². The molecule has 23 heavy (non-hydrogen) atoms. The fourth-order valence-corrected chi connectivity index (χ4v) is 3.95. The second-order valence-electron chi connectivity index (χ2n) is 6.01. The molecule has 0 spiro atoms. The molecule has 4 nitrogen and oxygen atoms in total. The Labute approximate surface area is 139 Å². The number of rotatable bonds is 5. The number of hydrogen-bond donors (Lipinski definition) is 2. The van der Waals surface area contributed by atoms with Crippen molar-refractivity contribution in [2.45, 2.75) is 32.6 Å². The highest BCUT2D eigenvalue weighted by Gasteiger charge is 2.18. The minimum Gasteiger partial charge on any atom is -0.481 e. The maximum Gasteiger partial charge on any atom is 0.306 e. The van der Waals surface area contributed by atoms with Crippen molar-refractivity contribution in [1.29, 1.82) is 0 Å². The molecule has 1 aromatic carbocycles. The summed E-state index contributed by atoms with van der Waals surface area (Å²) >= 11 is 1.59. The molecular weight excluding hydrogens is 310 g/mol. The number of thiophene rings is 1. The van der Waals surface area contributed by atoms with Gasteiger partial charge in [0.05, 0.1) is 10.8 Å². The number of fused-ring (bicyclic) bond motifs is 1. The number of benzene rings is 1. The Hall–Kier alpha value is -2.14. The highest BCUT2D eigenvalue weighted by Crippen LogP contribution is 2.31. The maximum atomic E-state index is 12.3. The van der Waals surface area contributed by atoms with E-state index in [0.717, 1.165) is 29.0 Å². The fraction of sp³-hybridized carbons (Fsp3) is 0.333. The first-order valence-corrected chi connectivity index (χ1v) is 8.59. The van der Waals surface area contributed by atoms with Gasteiger partial charge in [-0.05, 0) is 55.0 Å². The van der Waals surface area contributed by atoms with Crippen LogP contribution in [0.1, 0.15) is 39.0 Å². The van der Waals surface area contributed by atoms with Crippen LogP contribution in [0.4, 0.5) is 5.69 Å². The third kappa shape index (κ3) is 3.62. The van der Waals surface area contributed by atoms with Gasteiger partial charge in [-0.3, -0.25) is 9.59 Å². The van der Waals surface area contributed by atoms with Crippen LogP contribution in [0.25, 0.3) is 0 Å². The van der Waals surface area contributed by atoms with Crippen molar-refractivity contribution < 1.29 is 14.7 Å². The molecule has 0 aliphatic heterocycles. The number of aliphatic carboxylic acids is 1. The monoisotopic (exact) mass is 329 g/mol.